The summed E-state index contributed by atoms with van der Waals surface area (Å²) in [5.74, 6) is 0.471. The molecule has 0 spiro atoms. The average Bonchev–Trinajstić information content (AvgIpc) is 3.23. The fourth-order valence-corrected chi connectivity index (χ4v) is 15.2. The van der Waals surface area contributed by atoms with Gasteiger partial charge in [-0.1, -0.05) is 60.1 Å². The Balaban J connectivity index is 1.06. The maximum atomic E-state index is 12.6. The second-order valence-corrected chi connectivity index (χ2v) is 22.7. The molecule has 3 heterocycles. The molecule has 368 valence electrons. The molecule has 7 fully saturated rings. The Morgan fingerprint density at radius 1 is 0.688 bits per heavy atom. The lowest BCUT2D eigenvalue weighted by molar-refractivity contribution is -0.393. The van der Waals surface area contributed by atoms with Gasteiger partial charge in [0.05, 0.1) is 44.2 Å². The summed E-state index contributed by atoms with van der Waals surface area (Å²) >= 11 is 0. The summed E-state index contributed by atoms with van der Waals surface area (Å²) in [5.41, 5.74) is -1.16. The van der Waals surface area contributed by atoms with E-state index < -0.39 is 134 Å². The van der Waals surface area contributed by atoms with Crippen molar-refractivity contribution in [3.63, 3.8) is 0 Å². The van der Waals surface area contributed by atoms with E-state index in [0.717, 1.165) is 25.7 Å². The summed E-state index contributed by atoms with van der Waals surface area (Å²) in [5, 5.41) is 122. The van der Waals surface area contributed by atoms with E-state index in [2.05, 4.69) is 54.5 Å². The van der Waals surface area contributed by atoms with Gasteiger partial charge >= 0.3 is 0 Å². The smallest absolute Gasteiger partial charge is 0.187 e. The first-order valence-electron chi connectivity index (χ1n) is 23.9. The molecule has 0 aromatic heterocycles. The molecule has 17 nitrogen and oxygen atoms in total. The molecular formula is C47H78O17. The molecule has 5 aliphatic carbocycles. The molecule has 0 aromatic carbocycles. The predicted octanol–water partition coefficient (Wildman–Crippen LogP) is 0.0781. The van der Waals surface area contributed by atoms with Crippen molar-refractivity contribution in [1.82, 2.24) is 0 Å². The predicted molar refractivity (Wildman–Crippen MR) is 225 cm³/mol. The van der Waals surface area contributed by atoms with E-state index in [1.807, 2.05) is 0 Å². The van der Waals surface area contributed by atoms with Crippen LogP contribution in [0.3, 0.4) is 0 Å². The Morgan fingerprint density at radius 3 is 1.98 bits per heavy atom. The monoisotopic (exact) mass is 915 g/mol. The molecule has 17 heteroatoms. The maximum Gasteiger partial charge on any atom is 0.187 e. The molecule has 64 heavy (non-hydrogen) atoms. The third-order valence-electron chi connectivity index (χ3n) is 19.4. The van der Waals surface area contributed by atoms with Crippen LogP contribution in [0, 0.1) is 56.7 Å². The minimum absolute atomic E-state index is 0.0387. The number of hydrogen-bond acceptors (Lipinski definition) is 17. The van der Waals surface area contributed by atoms with Gasteiger partial charge in [-0.3, -0.25) is 0 Å². The second kappa shape index (κ2) is 17.5. The molecule has 26 atom stereocenters. The van der Waals surface area contributed by atoms with Crippen LogP contribution >= 0.6 is 0 Å². The van der Waals surface area contributed by atoms with Gasteiger partial charge in [0.25, 0.3) is 0 Å². The van der Waals surface area contributed by atoms with Gasteiger partial charge in [-0.25, -0.2) is 0 Å². The van der Waals surface area contributed by atoms with Gasteiger partial charge in [-0.05, 0) is 97.2 Å². The van der Waals surface area contributed by atoms with Crippen molar-refractivity contribution in [2.24, 2.45) is 56.7 Å². The van der Waals surface area contributed by atoms with E-state index in [9.17, 15) is 56.2 Å². The number of ether oxygens (including phenoxy) is 6. The van der Waals surface area contributed by atoms with Gasteiger partial charge in [-0.2, -0.15) is 0 Å². The standard InChI is InChI=1S/C47H78O17/c1-20-9-14-47(19-49)28(52)16-46(8)23(30(47)21(20)2)15-24(50)39-44(6)12-11-29(43(4,5)27(44)10-13-45(39,46)7)62-41-37(34(56)31(53)22(3)60-41)64-42-38(35(57)33(55)26(17-48)61-42)63-40-36(58)32(54)25(51)18-59-40/h15,20-22,24-42,48-58H,9-14,16-19H2,1-8H3/t20-,21+,22-,24+,25+,26+,27-,28-,29+,30-,31+,32-,33-,34+,35-,36+,37-,38+,39-,40-,41+,42-,44-,45-,46-,47+/m1/s1. The van der Waals surface area contributed by atoms with Crippen LogP contribution in [-0.4, -0.2) is 180 Å². The SMILES string of the molecule is C[C@H]1[C@H](C)CC[C@]2(CO)[C@H](O)C[C@]3(C)C(=C[C@H](O)[C@@H]4[C@]5(C)CC[C@H](O[C@@H]6O[C@H](C)[C@H](O)[C@H](O)[C@H]6O[C@H]6O[C@@H](CO)[C@@H](O)[C@@H](O)[C@@H]6O[C@H]6OC[C@H](O)[C@@H](O)[C@@H]6O)C(C)(C)[C@H]5CC[C@]43C)[C@@H]12. The number of aliphatic hydroxyl groups excluding tert-OH is 11. The van der Waals surface area contributed by atoms with Gasteiger partial charge in [0.15, 0.2) is 18.9 Å². The van der Waals surface area contributed by atoms with Crippen LogP contribution in [0.15, 0.2) is 11.6 Å². The normalized spacial score (nSPS) is 57.4. The van der Waals surface area contributed by atoms with E-state index in [1.165, 1.54) is 5.57 Å². The van der Waals surface area contributed by atoms with Gasteiger partial charge in [0.2, 0.25) is 0 Å². The van der Waals surface area contributed by atoms with Gasteiger partial charge in [-0.15, -0.1) is 0 Å². The summed E-state index contributed by atoms with van der Waals surface area (Å²) in [6.07, 6.45) is -16.3. The van der Waals surface area contributed by atoms with Crippen molar-refractivity contribution in [2.75, 3.05) is 19.8 Å². The molecule has 4 saturated carbocycles. The van der Waals surface area contributed by atoms with Crippen LogP contribution in [-0.2, 0) is 28.4 Å². The van der Waals surface area contributed by atoms with Crippen molar-refractivity contribution in [1.29, 1.82) is 0 Å². The molecule has 0 amide bonds. The topological polar surface area (TPSA) is 278 Å². The van der Waals surface area contributed by atoms with Gasteiger partial charge in [0.1, 0.15) is 61.0 Å². The minimum Gasteiger partial charge on any atom is -0.396 e. The van der Waals surface area contributed by atoms with Crippen LogP contribution < -0.4 is 0 Å². The largest absolute Gasteiger partial charge is 0.396 e. The molecule has 8 aliphatic rings. The summed E-state index contributed by atoms with van der Waals surface area (Å²) in [6, 6.07) is 0. The van der Waals surface area contributed by atoms with Crippen LogP contribution in [0.2, 0.25) is 0 Å². The number of allylic oxidation sites excluding steroid dienone is 1. The first-order chi connectivity index (χ1) is 29.9. The Labute approximate surface area is 376 Å². The Bertz CT molecular complexity index is 1700. The molecule has 0 radical (unpaired) electrons. The van der Waals surface area contributed by atoms with E-state index in [1.54, 1.807) is 6.92 Å². The van der Waals surface area contributed by atoms with Crippen molar-refractivity contribution in [3.05, 3.63) is 11.6 Å². The lowest BCUT2D eigenvalue weighted by atomic mass is 9.32. The third kappa shape index (κ3) is 7.35. The number of hydrogen-bond donors (Lipinski definition) is 11. The third-order valence-corrected chi connectivity index (χ3v) is 19.4. The average molecular weight is 915 g/mol. The number of fused-ring (bicyclic) bond motifs is 7. The molecule has 3 aliphatic heterocycles. The van der Waals surface area contributed by atoms with Crippen molar-refractivity contribution in [3.8, 4) is 0 Å². The molecule has 0 bridgehead atoms. The molecule has 8 rings (SSSR count). The van der Waals surface area contributed by atoms with Crippen LogP contribution in [0.4, 0.5) is 0 Å². The van der Waals surface area contributed by atoms with E-state index in [4.69, 9.17) is 28.4 Å². The zero-order chi connectivity index (χ0) is 46.8. The maximum absolute atomic E-state index is 12.6. The molecule has 3 saturated heterocycles. The van der Waals surface area contributed by atoms with Gasteiger partial charge in [0, 0.05) is 11.3 Å². The van der Waals surface area contributed by atoms with E-state index in [0.29, 0.717) is 25.2 Å². The zero-order valence-corrected chi connectivity index (χ0v) is 38.7. The fourth-order valence-electron chi connectivity index (χ4n) is 15.2. The van der Waals surface area contributed by atoms with Crippen molar-refractivity contribution < 1.29 is 84.6 Å². The highest BCUT2D eigenvalue weighted by Gasteiger charge is 2.72. The Hall–Kier alpha value is -0.940. The number of rotatable bonds is 8. The highest BCUT2D eigenvalue weighted by molar-refractivity contribution is 5.37. The quantitative estimate of drug-likeness (QED) is 0.114. The van der Waals surface area contributed by atoms with Crippen molar-refractivity contribution >= 4 is 0 Å². The highest BCUT2D eigenvalue weighted by Crippen LogP contribution is 2.76. The Kier molecular flexibility index (Phi) is 13.5. The van der Waals surface area contributed by atoms with E-state index in [-0.39, 0.29) is 41.1 Å². The summed E-state index contributed by atoms with van der Waals surface area (Å²) < 4.78 is 36.6. The summed E-state index contributed by atoms with van der Waals surface area (Å²) in [7, 11) is 0. The van der Waals surface area contributed by atoms with Crippen LogP contribution in [0.5, 0.6) is 0 Å². The zero-order valence-electron chi connectivity index (χ0n) is 38.7. The first kappa shape index (κ1) is 49.5. The van der Waals surface area contributed by atoms with Gasteiger partial charge < -0.3 is 84.6 Å². The first-order valence-corrected chi connectivity index (χ1v) is 23.9. The molecule has 0 unspecified atom stereocenters. The van der Waals surface area contributed by atoms with Crippen LogP contribution in [0.1, 0.15) is 100 Å². The lowest BCUT2D eigenvalue weighted by Crippen LogP contribution is -2.70. The molecular weight excluding hydrogens is 836 g/mol. The molecule has 11 N–H and O–H groups in total. The minimum atomic E-state index is -1.81. The van der Waals surface area contributed by atoms with Crippen molar-refractivity contribution in [2.45, 2.75) is 205 Å². The lowest BCUT2D eigenvalue weighted by Gasteiger charge is -2.73. The number of aliphatic hydroxyl groups is 11. The van der Waals surface area contributed by atoms with E-state index >= 15 is 0 Å². The Morgan fingerprint density at radius 2 is 1.33 bits per heavy atom. The second-order valence-electron chi connectivity index (χ2n) is 22.7. The highest BCUT2D eigenvalue weighted by atomic mass is 16.8. The summed E-state index contributed by atoms with van der Waals surface area (Å²) in [6.45, 7) is 16.1. The molecule has 0 aromatic rings. The fraction of sp³-hybridized carbons (Fsp3) is 0.957. The van der Waals surface area contributed by atoms with Crippen LogP contribution in [0.25, 0.3) is 0 Å². The summed E-state index contributed by atoms with van der Waals surface area (Å²) in [4.78, 5) is 0.